The summed E-state index contributed by atoms with van der Waals surface area (Å²) in [7, 11) is 0. The summed E-state index contributed by atoms with van der Waals surface area (Å²) in [6.45, 7) is 6.82. The molecule has 0 N–H and O–H groups in total. The van der Waals surface area contributed by atoms with Crippen LogP contribution in [0.4, 0.5) is 0 Å². The van der Waals surface area contributed by atoms with Gasteiger partial charge in [0.2, 0.25) is 0 Å². The van der Waals surface area contributed by atoms with E-state index in [2.05, 4.69) is 43.3 Å². The van der Waals surface area contributed by atoms with Gasteiger partial charge in [0.05, 0.1) is 0 Å². The zero-order valence-electron chi connectivity index (χ0n) is 10.6. The average Bonchev–Trinajstić information content (AvgIpc) is 2.82. The average molecular weight is 436 g/mol. The standard InChI is InChI=1S/C8H11.C5H5.CH2.2ClH.Hf/c1-6-4-5-7(2)8(6)3;1-2-4-5-3-1;;;;/h4H2,1-3H3;1-3H,4H2;1H2;2*1H;/q;;;;;+2/p-2. The van der Waals surface area contributed by atoms with E-state index in [9.17, 15) is 0 Å². The number of hydrogen-bond acceptors (Lipinski definition) is 0. The van der Waals surface area contributed by atoms with E-state index >= 15 is 0 Å². The normalized spacial score (nSPS) is 17.4. The van der Waals surface area contributed by atoms with E-state index in [4.69, 9.17) is 0 Å². The van der Waals surface area contributed by atoms with Crippen LogP contribution < -0.4 is 24.8 Å². The molecule has 0 radical (unpaired) electrons. The van der Waals surface area contributed by atoms with Gasteiger partial charge in [-0.2, -0.15) is 0 Å². The number of hydrogen-bond donors (Lipinski definition) is 0. The Morgan fingerprint density at radius 2 is 1.76 bits per heavy atom. The smallest absolute Gasteiger partial charge is 1.00 e. The molecule has 0 amide bonds. The predicted molar refractivity (Wildman–Crippen MR) is 64.7 cm³/mol. The molecule has 2 rings (SSSR count). The summed E-state index contributed by atoms with van der Waals surface area (Å²) in [5.41, 5.74) is 4.67. The fourth-order valence-corrected chi connectivity index (χ4v) is 10.1. The van der Waals surface area contributed by atoms with Crippen molar-refractivity contribution in [3.8, 4) is 0 Å². The van der Waals surface area contributed by atoms with E-state index in [1.165, 1.54) is 18.4 Å². The summed E-state index contributed by atoms with van der Waals surface area (Å²) >= 11 is -1.82. The van der Waals surface area contributed by atoms with Crippen molar-refractivity contribution in [3.05, 3.63) is 41.6 Å². The summed E-state index contributed by atoms with van der Waals surface area (Å²) in [5, 5.41) is 0. The monoisotopic (exact) mass is 436 g/mol. The molecule has 2 aliphatic rings. The fourth-order valence-electron chi connectivity index (χ4n) is 2.27. The van der Waals surface area contributed by atoms with E-state index in [1.54, 1.807) is 17.8 Å². The van der Waals surface area contributed by atoms with E-state index in [0.717, 1.165) is 0 Å². The maximum absolute atomic E-state index is 4.54. The molecule has 92 valence electrons. The minimum Gasteiger partial charge on any atom is -1.00 e. The second-order valence-corrected chi connectivity index (χ2v) is 12.4. The van der Waals surface area contributed by atoms with Crippen LogP contribution in [-0.4, -0.2) is 4.26 Å². The minimum atomic E-state index is -1.82. The fraction of sp³-hybridized carbons (Fsp3) is 0.357. The van der Waals surface area contributed by atoms with Crippen molar-refractivity contribution in [2.24, 2.45) is 0 Å². The SMILES string of the molecule is [CH2]=[Hf+2]([C]1=CC=CC1)[C]1=C(C)C(C)=C(C)C1.[Cl-].[Cl-]. The molecule has 3 heteroatoms. The Balaban J connectivity index is 0.00000128. The van der Waals surface area contributed by atoms with Crippen molar-refractivity contribution >= 4 is 4.26 Å². The molecule has 2 aliphatic carbocycles. The molecule has 0 bridgehead atoms. The first kappa shape index (κ1) is 17.3. The van der Waals surface area contributed by atoms with Crippen molar-refractivity contribution in [2.75, 3.05) is 0 Å². The Kier molecular flexibility index (Phi) is 7.13. The van der Waals surface area contributed by atoms with E-state index in [-0.39, 0.29) is 24.8 Å². The molecule has 0 aromatic heterocycles. The van der Waals surface area contributed by atoms with E-state index in [1.807, 2.05) is 0 Å². The quantitative estimate of drug-likeness (QED) is 0.436. The van der Waals surface area contributed by atoms with Crippen molar-refractivity contribution in [1.82, 2.24) is 0 Å². The van der Waals surface area contributed by atoms with Crippen LogP contribution in [0.25, 0.3) is 0 Å². The van der Waals surface area contributed by atoms with Crippen molar-refractivity contribution in [1.29, 1.82) is 0 Å². The van der Waals surface area contributed by atoms with Crippen molar-refractivity contribution in [3.63, 3.8) is 0 Å². The van der Waals surface area contributed by atoms with Gasteiger partial charge in [0.25, 0.3) is 0 Å². The number of allylic oxidation sites excluding steroid dienone is 8. The van der Waals surface area contributed by atoms with Crippen molar-refractivity contribution in [2.45, 2.75) is 33.6 Å². The molecule has 0 aliphatic heterocycles. The van der Waals surface area contributed by atoms with Gasteiger partial charge in [-0.05, 0) is 0 Å². The van der Waals surface area contributed by atoms with Crippen molar-refractivity contribution < 1.29 is 45.8 Å². The van der Waals surface area contributed by atoms with Gasteiger partial charge in [-0.25, -0.2) is 0 Å². The molecule has 0 nitrogen and oxygen atoms in total. The Morgan fingerprint density at radius 1 is 1.12 bits per heavy atom. The Morgan fingerprint density at radius 3 is 2.18 bits per heavy atom. The van der Waals surface area contributed by atoms with Gasteiger partial charge in [-0.15, -0.1) is 0 Å². The van der Waals surface area contributed by atoms with Crippen LogP contribution in [-0.2, 0) is 21.0 Å². The maximum Gasteiger partial charge on any atom is -1.00 e. The first-order valence-corrected chi connectivity index (χ1v) is 11.7. The Bertz CT molecular complexity index is 451. The summed E-state index contributed by atoms with van der Waals surface area (Å²) in [6.07, 6.45) is 9.19. The zero-order chi connectivity index (χ0) is 11.0. The maximum atomic E-state index is 4.54. The van der Waals surface area contributed by atoms with Gasteiger partial charge in [0.1, 0.15) is 0 Å². The summed E-state index contributed by atoms with van der Waals surface area (Å²) < 4.78 is 7.96. The second-order valence-electron chi connectivity index (χ2n) is 4.49. The van der Waals surface area contributed by atoms with Crippen LogP contribution >= 0.6 is 0 Å². The summed E-state index contributed by atoms with van der Waals surface area (Å²) in [4.78, 5) is 0. The molecule has 0 heterocycles. The first-order chi connectivity index (χ1) is 7.11. The van der Waals surface area contributed by atoms with Gasteiger partial charge in [-0.3, -0.25) is 0 Å². The molecule has 0 spiro atoms. The van der Waals surface area contributed by atoms with Crippen LogP contribution in [0.15, 0.2) is 41.6 Å². The molecule has 17 heavy (non-hydrogen) atoms. The predicted octanol–water partition coefficient (Wildman–Crippen LogP) is -2.10. The van der Waals surface area contributed by atoms with Crippen LogP contribution in [0.2, 0.25) is 0 Å². The number of rotatable bonds is 2. The van der Waals surface area contributed by atoms with Gasteiger partial charge >= 0.3 is 100 Å². The molecule has 0 aromatic rings. The topological polar surface area (TPSA) is 0 Å². The van der Waals surface area contributed by atoms with E-state index in [0.29, 0.717) is 0 Å². The van der Waals surface area contributed by atoms with Crippen LogP contribution in [0, 0.1) is 0 Å². The molecule has 0 saturated carbocycles. The van der Waals surface area contributed by atoms with Crippen LogP contribution in [0.5, 0.6) is 0 Å². The minimum absolute atomic E-state index is 0. The second kappa shape index (κ2) is 7.01. The van der Waals surface area contributed by atoms with Gasteiger partial charge in [-0.1, -0.05) is 0 Å². The van der Waals surface area contributed by atoms with Crippen LogP contribution in [0.1, 0.15) is 33.6 Å². The largest absolute Gasteiger partial charge is 1.00 e. The van der Waals surface area contributed by atoms with Crippen LogP contribution in [0.3, 0.4) is 0 Å². The molecule has 0 atom stereocenters. The number of halogens is 2. The molecule has 0 unspecified atom stereocenters. The molecule has 0 aromatic carbocycles. The third kappa shape index (κ3) is 3.39. The molecular weight excluding hydrogens is 418 g/mol. The van der Waals surface area contributed by atoms with Gasteiger partial charge in [0.15, 0.2) is 0 Å². The summed E-state index contributed by atoms with van der Waals surface area (Å²) in [5.74, 6) is 0. The van der Waals surface area contributed by atoms with Gasteiger partial charge in [0, 0.05) is 0 Å². The Labute approximate surface area is 124 Å². The van der Waals surface area contributed by atoms with Gasteiger partial charge < -0.3 is 24.8 Å². The summed E-state index contributed by atoms with van der Waals surface area (Å²) in [6, 6.07) is 0. The molecule has 0 fully saturated rings. The molecule has 0 saturated heterocycles. The third-order valence-corrected chi connectivity index (χ3v) is 12.3. The third-order valence-electron chi connectivity index (χ3n) is 3.62. The molecular formula is C14H18Cl2Hf. The Hall–Kier alpha value is 0.280. The first-order valence-electron chi connectivity index (χ1n) is 5.53. The zero-order valence-corrected chi connectivity index (χ0v) is 15.7. The van der Waals surface area contributed by atoms with E-state index < -0.39 is 21.0 Å².